The Kier molecular flexibility index (Phi) is 3.59. The molecule has 19 heavy (non-hydrogen) atoms. The van der Waals surface area contributed by atoms with Gasteiger partial charge in [-0.15, -0.1) is 0 Å². The molecule has 0 unspecified atom stereocenters. The van der Waals surface area contributed by atoms with Gasteiger partial charge < -0.3 is 20.9 Å². The highest BCUT2D eigenvalue weighted by Crippen LogP contribution is 2.25. The van der Waals surface area contributed by atoms with E-state index in [1.165, 1.54) is 4.90 Å². The molecule has 0 aromatic heterocycles. The molecule has 1 aromatic rings. The van der Waals surface area contributed by atoms with Crippen molar-refractivity contribution in [2.45, 2.75) is 0 Å². The predicted molar refractivity (Wildman–Crippen MR) is 74.1 cm³/mol. The highest BCUT2D eigenvalue weighted by Gasteiger charge is 2.20. The van der Waals surface area contributed by atoms with Gasteiger partial charge in [0.2, 0.25) is 5.91 Å². The van der Waals surface area contributed by atoms with E-state index in [2.05, 4.69) is 5.32 Å². The summed E-state index contributed by atoms with van der Waals surface area (Å²) in [6.07, 6.45) is 0. The quantitative estimate of drug-likeness (QED) is 0.730. The summed E-state index contributed by atoms with van der Waals surface area (Å²) in [6.45, 7) is 1.55. The van der Waals surface area contributed by atoms with Crippen LogP contribution in [0.4, 0.5) is 11.4 Å². The Morgan fingerprint density at radius 2 is 2.16 bits per heavy atom. The minimum atomic E-state index is -0.0808. The first-order chi connectivity index (χ1) is 8.99. The lowest BCUT2D eigenvalue weighted by Crippen LogP contribution is -2.48. The summed E-state index contributed by atoms with van der Waals surface area (Å²) >= 11 is 0. The highest BCUT2D eigenvalue weighted by molar-refractivity contribution is 5.96. The van der Waals surface area contributed by atoms with Gasteiger partial charge >= 0.3 is 0 Å². The van der Waals surface area contributed by atoms with Gasteiger partial charge in [-0.05, 0) is 18.2 Å². The summed E-state index contributed by atoms with van der Waals surface area (Å²) in [7, 11) is 3.40. The molecule has 2 rings (SSSR count). The summed E-state index contributed by atoms with van der Waals surface area (Å²) in [5, 5.41) is 2.76. The van der Waals surface area contributed by atoms with Crippen molar-refractivity contribution in [3.8, 4) is 0 Å². The minimum absolute atomic E-state index is 0.0324. The molecule has 1 aliphatic rings. The molecule has 2 amide bonds. The van der Waals surface area contributed by atoms with Gasteiger partial charge in [0.25, 0.3) is 5.91 Å². The number of nitrogens with two attached hydrogens (primary N) is 1. The number of benzene rings is 1. The highest BCUT2D eigenvalue weighted by atomic mass is 16.2. The second-order valence-electron chi connectivity index (χ2n) is 4.74. The lowest BCUT2D eigenvalue weighted by Gasteiger charge is -2.30. The number of nitrogens with one attached hydrogen (secondary N) is 1. The van der Waals surface area contributed by atoms with Gasteiger partial charge in [-0.3, -0.25) is 9.59 Å². The third-order valence-corrected chi connectivity index (χ3v) is 3.06. The SMILES string of the molecule is CN(C)C(=O)c1ccc(N)c(N2CCNC(=O)C2)c1. The van der Waals surface area contributed by atoms with E-state index in [0.29, 0.717) is 24.3 Å². The summed E-state index contributed by atoms with van der Waals surface area (Å²) in [4.78, 5) is 26.8. The van der Waals surface area contributed by atoms with Gasteiger partial charge in [0, 0.05) is 32.7 Å². The van der Waals surface area contributed by atoms with Crippen LogP contribution in [0.1, 0.15) is 10.4 Å². The number of hydrogen-bond donors (Lipinski definition) is 2. The molecule has 1 aliphatic heterocycles. The number of nitrogens with zero attached hydrogens (tertiary/aromatic N) is 2. The smallest absolute Gasteiger partial charge is 0.253 e. The van der Waals surface area contributed by atoms with Gasteiger partial charge in [-0.2, -0.15) is 0 Å². The van der Waals surface area contributed by atoms with Crippen molar-refractivity contribution in [1.82, 2.24) is 10.2 Å². The Labute approximate surface area is 112 Å². The van der Waals surface area contributed by atoms with Crippen LogP contribution in [0.3, 0.4) is 0 Å². The zero-order valence-electron chi connectivity index (χ0n) is 11.1. The third kappa shape index (κ3) is 2.78. The van der Waals surface area contributed by atoms with Crippen molar-refractivity contribution in [2.24, 2.45) is 0 Å². The topological polar surface area (TPSA) is 78.7 Å². The second-order valence-corrected chi connectivity index (χ2v) is 4.74. The molecule has 1 saturated heterocycles. The lowest BCUT2D eigenvalue weighted by atomic mass is 10.1. The zero-order chi connectivity index (χ0) is 14.0. The van der Waals surface area contributed by atoms with Crippen molar-refractivity contribution in [2.75, 3.05) is 44.4 Å². The fourth-order valence-corrected chi connectivity index (χ4v) is 2.05. The Balaban J connectivity index is 2.31. The number of amides is 2. The van der Waals surface area contributed by atoms with Crippen molar-refractivity contribution in [3.63, 3.8) is 0 Å². The van der Waals surface area contributed by atoms with Crippen molar-refractivity contribution >= 4 is 23.2 Å². The van der Waals surface area contributed by atoms with Crippen LogP contribution in [0.2, 0.25) is 0 Å². The molecule has 1 heterocycles. The van der Waals surface area contributed by atoms with Crippen molar-refractivity contribution < 1.29 is 9.59 Å². The number of hydrogen-bond acceptors (Lipinski definition) is 4. The Bertz CT molecular complexity index is 513. The molecule has 1 fully saturated rings. The molecular formula is C13H18N4O2. The van der Waals surface area contributed by atoms with Crippen molar-refractivity contribution in [1.29, 1.82) is 0 Å². The first kappa shape index (κ1) is 13.2. The maximum Gasteiger partial charge on any atom is 0.253 e. The molecule has 3 N–H and O–H groups in total. The molecule has 0 radical (unpaired) electrons. The van der Waals surface area contributed by atoms with E-state index in [4.69, 9.17) is 5.73 Å². The van der Waals surface area contributed by atoms with E-state index in [0.717, 1.165) is 5.69 Å². The van der Waals surface area contributed by atoms with E-state index >= 15 is 0 Å². The molecule has 6 nitrogen and oxygen atoms in total. The fraction of sp³-hybridized carbons (Fsp3) is 0.385. The Morgan fingerprint density at radius 3 is 2.79 bits per heavy atom. The van der Waals surface area contributed by atoms with E-state index in [1.54, 1.807) is 32.3 Å². The summed E-state index contributed by atoms with van der Waals surface area (Å²) in [6, 6.07) is 5.15. The molecule has 0 saturated carbocycles. The summed E-state index contributed by atoms with van der Waals surface area (Å²) in [5.41, 5.74) is 7.83. The number of carbonyl (C=O) groups is 2. The van der Waals surface area contributed by atoms with Crippen LogP contribution >= 0.6 is 0 Å². The molecule has 0 spiro atoms. The molecule has 6 heteroatoms. The first-order valence-electron chi connectivity index (χ1n) is 6.12. The Morgan fingerprint density at radius 1 is 1.42 bits per heavy atom. The number of carbonyl (C=O) groups excluding carboxylic acids is 2. The number of nitrogen functional groups attached to an aromatic ring is 1. The minimum Gasteiger partial charge on any atom is -0.397 e. The van der Waals surface area contributed by atoms with Crippen LogP contribution < -0.4 is 16.0 Å². The van der Waals surface area contributed by atoms with Gasteiger partial charge in [0.15, 0.2) is 0 Å². The number of piperazine rings is 1. The van der Waals surface area contributed by atoms with Gasteiger partial charge in [0.1, 0.15) is 0 Å². The maximum atomic E-state index is 11.9. The zero-order valence-corrected chi connectivity index (χ0v) is 11.1. The van der Waals surface area contributed by atoms with Crippen LogP contribution in [0, 0.1) is 0 Å². The van der Waals surface area contributed by atoms with Crippen LogP contribution in [0.25, 0.3) is 0 Å². The molecule has 0 aliphatic carbocycles. The number of anilines is 2. The molecular weight excluding hydrogens is 244 g/mol. The van der Waals surface area contributed by atoms with Crippen LogP contribution in [0.5, 0.6) is 0 Å². The standard InChI is InChI=1S/C13H18N4O2/c1-16(2)13(19)9-3-4-10(14)11(7-9)17-6-5-15-12(18)8-17/h3-4,7H,5-6,8,14H2,1-2H3,(H,15,18). The molecule has 0 atom stereocenters. The maximum absolute atomic E-state index is 11.9. The molecule has 102 valence electrons. The van der Waals surface area contributed by atoms with Crippen molar-refractivity contribution in [3.05, 3.63) is 23.8 Å². The lowest BCUT2D eigenvalue weighted by molar-refractivity contribution is -0.120. The monoisotopic (exact) mass is 262 g/mol. The normalized spacial score (nSPS) is 15.1. The summed E-state index contributed by atoms with van der Waals surface area (Å²) < 4.78 is 0. The average molecular weight is 262 g/mol. The second kappa shape index (κ2) is 5.17. The summed E-state index contributed by atoms with van der Waals surface area (Å²) in [5.74, 6) is -0.113. The molecule has 1 aromatic carbocycles. The van der Waals surface area contributed by atoms with E-state index < -0.39 is 0 Å². The third-order valence-electron chi connectivity index (χ3n) is 3.06. The first-order valence-corrected chi connectivity index (χ1v) is 6.12. The van der Waals surface area contributed by atoms with Gasteiger partial charge in [-0.1, -0.05) is 0 Å². The van der Waals surface area contributed by atoms with E-state index in [9.17, 15) is 9.59 Å². The van der Waals surface area contributed by atoms with Crippen LogP contribution in [0.15, 0.2) is 18.2 Å². The van der Waals surface area contributed by atoms with E-state index in [-0.39, 0.29) is 18.4 Å². The largest absolute Gasteiger partial charge is 0.397 e. The average Bonchev–Trinajstić information content (AvgIpc) is 2.38. The molecule has 0 bridgehead atoms. The number of rotatable bonds is 2. The van der Waals surface area contributed by atoms with Crippen LogP contribution in [-0.2, 0) is 4.79 Å². The predicted octanol–water partition coefficient (Wildman–Crippen LogP) is -0.0932. The van der Waals surface area contributed by atoms with Gasteiger partial charge in [-0.25, -0.2) is 0 Å². The van der Waals surface area contributed by atoms with Gasteiger partial charge in [0.05, 0.1) is 17.9 Å². The fourth-order valence-electron chi connectivity index (χ4n) is 2.05. The van der Waals surface area contributed by atoms with E-state index in [1.807, 2.05) is 4.90 Å². The van der Waals surface area contributed by atoms with Crippen LogP contribution in [-0.4, -0.2) is 50.4 Å². The Hall–Kier alpha value is -2.24.